The maximum absolute atomic E-state index is 13.1. The van der Waals surface area contributed by atoms with Crippen LogP contribution in [0.1, 0.15) is 79.7 Å². The summed E-state index contributed by atoms with van der Waals surface area (Å²) in [6, 6.07) is 7.18. The smallest absolute Gasteiger partial charge is 0.331 e. The molecule has 2 rings (SSSR count). The summed E-state index contributed by atoms with van der Waals surface area (Å²) in [5.74, 6) is -2.56. The molecule has 9 nitrogen and oxygen atoms in total. The number of hydrogen-bond acceptors (Lipinski definition) is 8. The molecule has 0 aliphatic heterocycles. The summed E-state index contributed by atoms with van der Waals surface area (Å²) in [4.78, 5) is 37.6. The van der Waals surface area contributed by atoms with Gasteiger partial charge in [-0.3, -0.25) is 14.2 Å². The lowest BCUT2D eigenvalue weighted by Crippen LogP contribution is -2.45. The Hall–Kier alpha value is -3.29. The molecular weight excluding hydrogens is 521 g/mol. The quantitative estimate of drug-likeness (QED) is 0.212. The fraction of sp³-hybridized carbons (Fsp3) is 0.483. The van der Waals surface area contributed by atoms with E-state index in [2.05, 4.69) is 5.32 Å². The summed E-state index contributed by atoms with van der Waals surface area (Å²) in [5, 5.41) is 21.9. The summed E-state index contributed by atoms with van der Waals surface area (Å²) >= 11 is 0. The van der Waals surface area contributed by atoms with E-state index in [1.165, 1.54) is 13.0 Å². The number of hydrogen-bond donors (Lipinski definition) is 3. The number of esters is 2. The molecule has 0 aromatic heterocycles. The summed E-state index contributed by atoms with van der Waals surface area (Å²) in [5.41, 5.74) is 3.22. The molecule has 2 unspecified atom stereocenters. The molecule has 0 fully saturated rings. The van der Waals surface area contributed by atoms with Gasteiger partial charge in [0.05, 0.1) is 11.0 Å². The lowest BCUT2D eigenvalue weighted by atomic mass is 9.92. The second-order valence-electron chi connectivity index (χ2n) is 11.2. The number of carbonyl (C=O) groups excluding carboxylic acids is 3. The van der Waals surface area contributed by atoms with Crippen LogP contribution in [-0.2, 0) is 35.4 Å². The van der Waals surface area contributed by atoms with E-state index in [0.29, 0.717) is 12.0 Å². The van der Waals surface area contributed by atoms with Crippen LogP contribution in [0.5, 0.6) is 5.75 Å². The molecule has 1 amide bonds. The monoisotopic (exact) mass is 559 g/mol. The van der Waals surface area contributed by atoms with Gasteiger partial charge in [0.2, 0.25) is 6.79 Å². The SMILES string of the molecule is Cc1cc(C(C)(O)P=O)cc(C)c1Cc1ccc(O)c(C(=O)NC(C(=O)OCOC(=O)C(C)(C)C)C(C)C)c1. The largest absolute Gasteiger partial charge is 0.507 e. The van der Waals surface area contributed by atoms with Crippen LogP contribution >= 0.6 is 8.46 Å². The number of rotatable bonds is 10. The van der Waals surface area contributed by atoms with Crippen LogP contribution in [0.2, 0.25) is 0 Å². The van der Waals surface area contributed by atoms with Crippen LogP contribution in [0, 0.1) is 25.2 Å². The van der Waals surface area contributed by atoms with Crippen molar-refractivity contribution in [2.24, 2.45) is 11.3 Å². The predicted octanol–water partition coefficient (Wildman–Crippen LogP) is 4.90. The Labute approximate surface area is 231 Å². The zero-order valence-corrected chi connectivity index (χ0v) is 24.6. The molecule has 2 atom stereocenters. The molecule has 0 saturated carbocycles. The van der Waals surface area contributed by atoms with Gasteiger partial charge in [-0.2, -0.15) is 0 Å². The van der Waals surface area contributed by atoms with Crippen LogP contribution in [0.25, 0.3) is 0 Å². The molecule has 39 heavy (non-hydrogen) atoms. The number of carbonyl (C=O) groups is 3. The first kappa shape index (κ1) is 31.9. The first-order valence-electron chi connectivity index (χ1n) is 12.6. The maximum atomic E-state index is 13.1. The van der Waals surface area contributed by atoms with Crippen molar-refractivity contribution in [2.45, 2.75) is 73.2 Å². The molecule has 2 aromatic carbocycles. The molecule has 0 radical (unpaired) electrons. The number of nitrogens with one attached hydrogen (secondary N) is 1. The summed E-state index contributed by atoms with van der Waals surface area (Å²) in [7, 11) is -0.403. The number of phenols is 1. The minimum absolute atomic E-state index is 0.00914. The van der Waals surface area contributed by atoms with Crippen LogP contribution in [0.3, 0.4) is 0 Å². The number of aromatic hydroxyl groups is 1. The van der Waals surface area contributed by atoms with E-state index < -0.39 is 49.9 Å². The molecule has 0 bridgehead atoms. The molecule has 10 heteroatoms. The summed E-state index contributed by atoms with van der Waals surface area (Å²) in [6.45, 7) is 13.1. The van der Waals surface area contributed by atoms with Crippen molar-refractivity contribution in [3.8, 4) is 5.75 Å². The van der Waals surface area contributed by atoms with Gasteiger partial charge in [0.15, 0.2) is 13.8 Å². The van der Waals surface area contributed by atoms with E-state index in [0.717, 1.165) is 22.3 Å². The minimum Gasteiger partial charge on any atom is -0.507 e. The van der Waals surface area contributed by atoms with Crippen molar-refractivity contribution in [3.05, 3.63) is 63.7 Å². The molecule has 0 saturated heterocycles. The first-order valence-corrected chi connectivity index (χ1v) is 13.4. The topological polar surface area (TPSA) is 139 Å². The average molecular weight is 560 g/mol. The number of amides is 1. The van der Waals surface area contributed by atoms with Crippen molar-refractivity contribution in [1.29, 1.82) is 0 Å². The number of aliphatic hydroxyl groups is 1. The number of aryl methyl sites for hydroxylation is 2. The van der Waals surface area contributed by atoms with Crippen LogP contribution in [0.4, 0.5) is 0 Å². The van der Waals surface area contributed by atoms with E-state index in [-0.39, 0.29) is 17.2 Å². The van der Waals surface area contributed by atoms with Crippen LogP contribution in [0.15, 0.2) is 30.3 Å². The third kappa shape index (κ3) is 8.35. The van der Waals surface area contributed by atoms with E-state index in [1.807, 2.05) is 13.8 Å². The van der Waals surface area contributed by atoms with E-state index in [1.54, 1.807) is 58.9 Å². The lowest BCUT2D eigenvalue weighted by Gasteiger charge is -2.22. The van der Waals surface area contributed by atoms with Gasteiger partial charge < -0.3 is 25.0 Å². The van der Waals surface area contributed by atoms with Crippen LogP contribution < -0.4 is 5.32 Å². The van der Waals surface area contributed by atoms with Gasteiger partial charge >= 0.3 is 11.9 Å². The van der Waals surface area contributed by atoms with Gasteiger partial charge in [0, 0.05) is 0 Å². The highest BCUT2D eigenvalue weighted by Crippen LogP contribution is 2.34. The Morgan fingerprint density at radius 2 is 1.59 bits per heavy atom. The molecular formula is C29H38NO8P. The average Bonchev–Trinajstić information content (AvgIpc) is 2.84. The number of ether oxygens (including phenoxy) is 2. The fourth-order valence-corrected chi connectivity index (χ4v) is 4.08. The van der Waals surface area contributed by atoms with Gasteiger partial charge in [-0.05, 0) is 93.8 Å². The highest BCUT2D eigenvalue weighted by molar-refractivity contribution is 7.25. The second-order valence-corrected chi connectivity index (χ2v) is 12.2. The highest BCUT2D eigenvalue weighted by atomic mass is 31.1. The van der Waals surface area contributed by atoms with Crippen molar-refractivity contribution >= 4 is 26.3 Å². The van der Waals surface area contributed by atoms with Gasteiger partial charge in [-0.15, -0.1) is 0 Å². The normalized spacial score (nSPS) is 14.0. The Balaban J connectivity index is 2.21. The fourth-order valence-electron chi connectivity index (χ4n) is 3.84. The van der Waals surface area contributed by atoms with E-state index in [9.17, 15) is 29.2 Å². The van der Waals surface area contributed by atoms with Crippen molar-refractivity contribution in [1.82, 2.24) is 5.32 Å². The van der Waals surface area contributed by atoms with E-state index >= 15 is 0 Å². The molecule has 3 N–H and O–H groups in total. The molecule has 0 heterocycles. The lowest BCUT2D eigenvalue weighted by molar-refractivity contribution is -0.174. The standard InChI is InChI=1S/C29H38NO8P/c1-16(2)24(26(33)37-15-38-27(34)28(5,6)7)30-25(32)22-14-19(9-10-23(22)31)13-21-17(3)11-20(12-18(21)4)29(8,35)39-36/h9-12,14,16,24,31,35H,13,15H2,1-8H3,(H,30,32). The van der Waals surface area contributed by atoms with Crippen molar-refractivity contribution in [3.63, 3.8) is 0 Å². The Bertz CT molecular complexity index is 1220. The molecule has 0 aliphatic carbocycles. The molecule has 212 valence electrons. The summed E-state index contributed by atoms with van der Waals surface area (Å²) in [6.07, 6.45) is 0.435. The zero-order chi connectivity index (χ0) is 29.7. The Morgan fingerprint density at radius 1 is 1.00 bits per heavy atom. The molecule has 0 spiro atoms. The molecule has 0 aliphatic rings. The van der Waals surface area contributed by atoms with Gasteiger partial charge in [-0.25, -0.2) is 4.79 Å². The Kier molecular flexibility index (Phi) is 10.4. The predicted molar refractivity (Wildman–Crippen MR) is 147 cm³/mol. The summed E-state index contributed by atoms with van der Waals surface area (Å²) < 4.78 is 21.4. The second kappa shape index (κ2) is 12.7. The van der Waals surface area contributed by atoms with Crippen LogP contribution in [-0.4, -0.2) is 40.9 Å². The number of phenolic OH excluding ortho intramolecular Hbond substituents is 1. The van der Waals surface area contributed by atoms with Gasteiger partial charge in [-0.1, -0.05) is 32.0 Å². The van der Waals surface area contributed by atoms with Crippen molar-refractivity contribution < 1.29 is 38.6 Å². The highest BCUT2D eigenvalue weighted by Gasteiger charge is 2.29. The van der Waals surface area contributed by atoms with Crippen molar-refractivity contribution in [2.75, 3.05) is 6.79 Å². The van der Waals surface area contributed by atoms with Gasteiger partial charge in [0.1, 0.15) is 11.8 Å². The zero-order valence-electron chi connectivity index (χ0n) is 23.7. The minimum atomic E-state index is -1.50. The van der Waals surface area contributed by atoms with E-state index in [4.69, 9.17) is 9.47 Å². The Morgan fingerprint density at radius 3 is 2.10 bits per heavy atom. The maximum Gasteiger partial charge on any atom is 0.331 e. The number of benzene rings is 2. The first-order chi connectivity index (χ1) is 18.0. The third-order valence-electron chi connectivity index (χ3n) is 6.32. The third-order valence-corrected chi connectivity index (χ3v) is 6.93. The molecule has 2 aromatic rings. The van der Waals surface area contributed by atoms with Gasteiger partial charge in [0.25, 0.3) is 5.91 Å².